The predicted octanol–water partition coefficient (Wildman–Crippen LogP) is 7.76. The maximum absolute atomic E-state index is 14.5. The Bertz CT molecular complexity index is 4020. The fourth-order valence-corrected chi connectivity index (χ4v) is 13.7. The molecule has 0 aliphatic carbocycles. The van der Waals surface area contributed by atoms with E-state index in [0.717, 1.165) is 28.5 Å². The number of carbonyl (C=O) groups excluding carboxylic acids is 7. The number of rotatable bonds is 54. The minimum atomic E-state index is -3.55. The molecule has 3 atom stereocenters. The van der Waals surface area contributed by atoms with E-state index < -0.39 is 69.7 Å². The van der Waals surface area contributed by atoms with Crippen molar-refractivity contribution in [1.82, 2.24) is 29.1 Å². The zero-order valence-electron chi connectivity index (χ0n) is 63.2. The SMILES string of the molecule is CC[C@@]1(OC(=O)OC(C)c2ccc(NC(=O)[C@H](CCCNC(N)=O)CC(=O)COCC(=O)CCCOCCOCCOCCOCCOCCOCCOCCOCCCC(=O)CCCC#Cc3cnc(SC)nc3)cc2)C(=O)OCc2c1cc1n(c2=O)Cc2c-1nc1ccccc1c2CCN(C(C)C)S(C)(=O)=O. The van der Waals surface area contributed by atoms with Crippen LogP contribution in [0.2, 0.25) is 0 Å². The molecule has 32 heteroatoms. The van der Waals surface area contributed by atoms with E-state index >= 15 is 0 Å². The Labute approximate surface area is 640 Å². The first kappa shape index (κ1) is 88.0. The van der Waals surface area contributed by atoms with Gasteiger partial charge in [-0.15, -0.1) is 0 Å². The standard InChI is InChI=1S/C77H104N8O22S2/c1-7-77(67-47-69-70-65(50-84(69)72(90)66(67)53-105-73(77)91)63(64-21-11-12-22-68(64)83-70)27-29-85(54(2)3)109(6,94)95)107-76(93)106-55(4)57-23-25-59(26-24-57)82-71(89)58(17-13-28-79-74(78)92)46-62(88)52-104-51-61(87)20-15-31-97-33-35-99-37-39-101-41-43-103-45-44-102-42-40-100-38-36-98-34-32-96-30-14-19-60(86)18-10-8-9-16-56-48-80-75(108-5)81-49-56/h11-12,21-26,47-49,54-55,58H,7-8,10,13-15,17-20,27-46,50-53H2,1-6H3,(H,82,89)(H3,78,79,92)/t55?,58-,77+/m1/s1. The number of benzene rings is 2. The van der Waals surface area contributed by atoms with Crippen molar-refractivity contribution in [2.45, 2.75) is 141 Å². The molecule has 2 aliphatic rings. The number of hydrogen-bond donors (Lipinski definition) is 3. The molecule has 5 aromatic rings. The third-order valence-electron chi connectivity index (χ3n) is 17.7. The zero-order chi connectivity index (χ0) is 78.4. The number of nitrogens with two attached hydrogens (primary N) is 1. The highest BCUT2D eigenvalue weighted by Crippen LogP contribution is 2.43. The van der Waals surface area contributed by atoms with Gasteiger partial charge in [0.15, 0.2) is 16.7 Å². The number of primary amides is 1. The van der Waals surface area contributed by atoms with Crippen LogP contribution in [0.4, 0.5) is 15.3 Å². The topological polar surface area (TPSA) is 378 Å². The van der Waals surface area contributed by atoms with E-state index in [2.05, 4.69) is 32.4 Å². The molecule has 2 aromatic carbocycles. The van der Waals surface area contributed by atoms with Crippen LogP contribution in [0.15, 0.2) is 76.9 Å². The van der Waals surface area contributed by atoms with Gasteiger partial charge in [0.2, 0.25) is 21.5 Å². The summed E-state index contributed by atoms with van der Waals surface area (Å²) in [4.78, 5) is 119. The molecule has 0 fully saturated rings. The van der Waals surface area contributed by atoms with Crippen molar-refractivity contribution in [3.05, 3.63) is 111 Å². The molecule has 30 nitrogen and oxygen atoms in total. The molecule has 4 N–H and O–H groups in total. The van der Waals surface area contributed by atoms with E-state index in [4.69, 9.17) is 67.6 Å². The van der Waals surface area contributed by atoms with Gasteiger partial charge in [-0.25, -0.2) is 37.8 Å². The van der Waals surface area contributed by atoms with Gasteiger partial charge in [-0.1, -0.05) is 60.9 Å². The Hall–Kier alpha value is -8.17. The number of hydrogen-bond acceptors (Lipinski definition) is 26. The number of nitrogens with zero attached hydrogens (tertiary/aromatic N) is 5. The number of amides is 3. The normalized spacial score (nSPS) is 14.3. The van der Waals surface area contributed by atoms with Crippen LogP contribution in [0.3, 0.4) is 0 Å². The number of ketones is 3. The van der Waals surface area contributed by atoms with Crippen molar-refractivity contribution in [3.63, 3.8) is 0 Å². The first-order valence-electron chi connectivity index (χ1n) is 36.9. The van der Waals surface area contributed by atoms with Crippen LogP contribution >= 0.6 is 11.8 Å². The lowest BCUT2D eigenvalue weighted by atomic mass is 9.85. The van der Waals surface area contributed by atoms with Gasteiger partial charge in [-0.2, -0.15) is 4.31 Å². The highest BCUT2D eigenvalue weighted by Gasteiger charge is 2.51. The Morgan fingerprint density at radius 3 is 1.86 bits per heavy atom. The summed E-state index contributed by atoms with van der Waals surface area (Å²) in [5.74, 6) is 3.40. The average Bonchev–Trinajstić information content (AvgIpc) is 1.56. The van der Waals surface area contributed by atoms with Gasteiger partial charge in [0.1, 0.15) is 31.7 Å². The van der Waals surface area contributed by atoms with Crippen LogP contribution in [-0.2, 0) is 116 Å². The van der Waals surface area contributed by atoms with Crippen LogP contribution < -0.4 is 21.9 Å². The van der Waals surface area contributed by atoms with E-state index in [1.54, 1.807) is 70.4 Å². The number of urea groups is 1. The van der Waals surface area contributed by atoms with E-state index in [9.17, 15) is 46.8 Å². The van der Waals surface area contributed by atoms with Crippen molar-refractivity contribution in [3.8, 4) is 23.2 Å². The van der Waals surface area contributed by atoms with Crippen molar-refractivity contribution < 1.29 is 98.8 Å². The molecule has 0 saturated heterocycles. The summed E-state index contributed by atoms with van der Waals surface area (Å²) in [7, 11) is -3.55. The summed E-state index contributed by atoms with van der Waals surface area (Å²) < 4.78 is 95.6. The first-order chi connectivity index (χ1) is 52.6. The number of para-hydroxylation sites is 1. The number of cyclic esters (lactones) is 1. The number of unbranched alkanes of at least 4 members (excludes halogenated alkanes) is 1. The second-order valence-electron chi connectivity index (χ2n) is 26.1. The number of thioether (sulfide) groups is 1. The summed E-state index contributed by atoms with van der Waals surface area (Å²) in [6.45, 7) is 12.7. The minimum Gasteiger partial charge on any atom is -0.457 e. The van der Waals surface area contributed by atoms with Gasteiger partial charge < -0.3 is 77.8 Å². The summed E-state index contributed by atoms with van der Waals surface area (Å²) >= 11 is 1.48. The molecule has 3 aromatic heterocycles. The van der Waals surface area contributed by atoms with Gasteiger partial charge >= 0.3 is 18.2 Å². The van der Waals surface area contributed by atoms with E-state index in [0.29, 0.717) is 184 Å². The second-order valence-corrected chi connectivity index (χ2v) is 28.8. The number of anilines is 1. The number of esters is 1. The van der Waals surface area contributed by atoms with Crippen LogP contribution in [0.1, 0.15) is 138 Å². The molecule has 7 rings (SSSR count). The van der Waals surface area contributed by atoms with E-state index in [-0.39, 0.29) is 87.3 Å². The molecule has 596 valence electrons. The quantitative estimate of drug-likeness (QED) is 0.0108. The van der Waals surface area contributed by atoms with Gasteiger partial charge in [0.05, 0.1) is 133 Å². The Morgan fingerprint density at radius 1 is 0.725 bits per heavy atom. The molecular weight excluding hydrogens is 1450 g/mol. The second kappa shape index (κ2) is 47.1. The summed E-state index contributed by atoms with van der Waals surface area (Å²) in [6.07, 6.45) is 8.41. The number of carbonyl (C=O) groups is 7. The summed E-state index contributed by atoms with van der Waals surface area (Å²) in [5.41, 5.74) is 7.55. The van der Waals surface area contributed by atoms with E-state index in [1.165, 1.54) is 26.9 Å². The molecule has 2 aliphatic heterocycles. The maximum Gasteiger partial charge on any atom is 0.510 e. The number of sulfonamides is 1. The largest absolute Gasteiger partial charge is 0.510 e. The van der Waals surface area contributed by atoms with Crippen LogP contribution in [0.5, 0.6) is 0 Å². The zero-order valence-corrected chi connectivity index (χ0v) is 64.9. The van der Waals surface area contributed by atoms with Gasteiger partial charge in [-0.05, 0) is 107 Å². The molecule has 1 unspecified atom stereocenters. The highest BCUT2D eigenvalue weighted by atomic mass is 32.2. The molecule has 109 heavy (non-hydrogen) atoms. The van der Waals surface area contributed by atoms with Gasteiger partial charge in [0.25, 0.3) is 5.56 Å². The van der Waals surface area contributed by atoms with Crippen molar-refractivity contribution in [1.29, 1.82) is 0 Å². The van der Waals surface area contributed by atoms with Crippen LogP contribution in [-0.4, -0.2) is 224 Å². The number of Topliss-reactive ketones (excluding diaryl/α,β-unsaturated/α-hetero) is 3. The smallest absolute Gasteiger partial charge is 0.457 e. The molecular formula is C77H104N8O22S2. The maximum atomic E-state index is 14.5. The fourth-order valence-electron chi connectivity index (χ4n) is 12.1. The first-order valence-corrected chi connectivity index (χ1v) is 39.9. The number of aromatic nitrogens is 4. The van der Waals surface area contributed by atoms with Gasteiger partial charge in [-0.3, -0.25) is 24.0 Å². The molecule has 0 bridgehead atoms. The third-order valence-corrected chi connectivity index (χ3v) is 19.8. The predicted molar refractivity (Wildman–Crippen MR) is 404 cm³/mol. The van der Waals surface area contributed by atoms with Gasteiger partial charge in [0, 0.05) is 105 Å². The summed E-state index contributed by atoms with van der Waals surface area (Å²) in [6, 6.07) is 14.4. The molecule has 0 spiro atoms. The van der Waals surface area contributed by atoms with E-state index in [1.807, 2.05) is 30.5 Å². The Balaban J connectivity index is 0.705. The van der Waals surface area contributed by atoms with Crippen molar-refractivity contribution >= 4 is 79.8 Å². The number of ether oxygens (including phenoxy) is 12. The average molecular weight is 1560 g/mol. The molecule has 3 amide bonds. The fraction of sp³-hybridized carbons (Fsp3) is 0.571. The molecule has 5 heterocycles. The molecule has 0 saturated carbocycles. The number of fused-ring (bicyclic) bond motifs is 5. The monoisotopic (exact) mass is 1560 g/mol. The lowest BCUT2D eigenvalue weighted by Gasteiger charge is -2.35. The highest BCUT2D eigenvalue weighted by molar-refractivity contribution is 7.98. The lowest BCUT2D eigenvalue weighted by Crippen LogP contribution is -2.47. The van der Waals surface area contributed by atoms with Crippen molar-refractivity contribution in [2.75, 3.05) is 150 Å². The Morgan fingerprint density at radius 2 is 1.29 bits per heavy atom. The lowest BCUT2D eigenvalue weighted by molar-refractivity contribution is -0.176. The van der Waals surface area contributed by atoms with Crippen molar-refractivity contribution in [2.24, 2.45) is 11.7 Å². The Kier molecular flexibility index (Phi) is 38.1. The number of pyridine rings is 2. The van der Waals surface area contributed by atoms with Crippen LogP contribution in [0.25, 0.3) is 22.3 Å². The van der Waals surface area contributed by atoms with Crippen LogP contribution in [0, 0.1) is 17.8 Å². The molecule has 0 radical (unpaired) electrons. The number of nitrogens with one attached hydrogen (secondary N) is 2. The summed E-state index contributed by atoms with van der Waals surface area (Å²) in [5, 5.41) is 6.81. The minimum absolute atomic E-state index is 0.112. The third kappa shape index (κ3) is 29.2.